The third-order valence-corrected chi connectivity index (χ3v) is 2.99. The van der Waals surface area contributed by atoms with Gasteiger partial charge in [-0.05, 0) is 25.7 Å². The number of nitrogens with zero attached hydrogens (tertiary/aromatic N) is 1. The quantitative estimate of drug-likeness (QED) is 0.648. The van der Waals surface area contributed by atoms with Gasteiger partial charge in [0.2, 0.25) is 0 Å². The zero-order valence-corrected chi connectivity index (χ0v) is 7.56. The number of nitrogens with two attached hydrogens (primary N) is 1. The Morgan fingerprint density at radius 2 is 2.09 bits per heavy atom. The molecule has 0 atom stereocenters. The Kier molecular flexibility index (Phi) is 2.53. The van der Waals surface area contributed by atoms with Gasteiger partial charge in [0, 0.05) is 12.0 Å². The van der Waals surface area contributed by atoms with E-state index in [9.17, 15) is 0 Å². The van der Waals surface area contributed by atoms with E-state index in [2.05, 4.69) is 18.8 Å². The predicted octanol–water partition coefficient (Wildman–Crippen LogP) is 1.94. The van der Waals surface area contributed by atoms with Crippen LogP contribution in [-0.2, 0) is 0 Å². The lowest BCUT2D eigenvalue weighted by Gasteiger charge is -2.33. The molecular weight excluding hydrogens is 136 g/mol. The third-order valence-electron chi connectivity index (χ3n) is 2.99. The molecular formula is C9H18N2. The van der Waals surface area contributed by atoms with Gasteiger partial charge in [0.1, 0.15) is 0 Å². The van der Waals surface area contributed by atoms with Crippen molar-refractivity contribution in [1.82, 2.24) is 0 Å². The van der Waals surface area contributed by atoms with Crippen LogP contribution in [0.2, 0.25) is 0 Å². The minimum Gasteiger partial charge on any atom is -0.387 e. The summed E-state index contributed by atoms with van der Waals surface area (Å²) in [6, 6.07) is 0. The molecule has 0 spiro atoms. The van der Waals surface area contributed by atoms with E-state index in [1.165, 1.54) is 12.8 Å². The van der Waals surface area contributed by atoms with Gasteiger partial charge in [-0.3, -0.25) is 4.99 Å². The number of aliphatic imine (C=N–C) groups is 1. The smallest absolute Gasteiger partial charge is 0.0999 e. The lowest BCUT2D eigenvalue weighted by atomic mass is 9.76. The lowest BCUT2D eigenvalue weighted by Crippen LogP contribution is -2.39. The van der Waals surface area contributed by atoms with Gasteiger partial charge in [-0.25, -0.2) is 0 Å². The van der Waals surface area contributed by atoms with Crippen LogP contribution in [0.5, 0.6) is 0 Å². The van der Waals surface area contributed by atoms with Crippen molar-refractivity contribution in [2.75, 3.05) is 6.54 Å². The van der Waals surface area contributed by atoms with E-state index in [0.29, 0.717) is 0 Å². The van der Waals surface area contributed by atoms with Crippen molar-refractivity contribution in [3.8, 4) is 0 Å². The van der Waals surface area contributed by atoms with Crippen molar-refractivity contribution >= 4 is 5.84 Å². The summed E-state index contributed by atoms with van der Waals surface area (Å²) in [5, 5.41) is 0. The van der Waals surface area contributed by atoms with Crippen LogP contribution in [0.15, 0.2) is 4.99 Å². The number of hydrogen-bond acceptors (Lipinski definition) is 2. The van der Waals surface area contributed by atoms with Crippen LogP contribution in [0, 0.1) is 5.41 Å². The van der Waals surface area contributed by atoms with E-state index in [1.54, 1.807) is 0 Å². The van der Waals surface area contributed by atoms with Crippen molar-refractivity contribution in [2.45, 2.75) is 39.5 Å². The van der Waals surface area contributed by atoms with E-state index >= 15 is 0 Å². The molecule has 0 amide bonds. The summed E-state index contributed by atoms with van der Waals surface area (Å²) in [7, 11) is 0. The molecule has 0 saturated heterocycles. The van der Waals surface area contributed by atoms with Crippen LogP contribution in [0.3, 0.4) is 0 Å². The molecule has 0 aromatic heterocycles. The second-order valence-electron chi connectivity index (χ2n) is 3.36. The minimum atomic E-state index is 0.248. The van der Waals surface area contributed by atoms with Gasteiger partial charge < -0.3 is 5.73 Å². The van der Waals surface area contributed by atoms with E-state index in [1.807, 2.05) is 0 Å². The molecule has 1 rings (SSSR count). The first-order chi connectivity index (χ1) is 5.25. The molecule has 64 valence electrons. The fourth-order valence-corrected chi connectivity index (χ4v) is 1.88. The first kappa shape index (κ1) is 8.57. The Morgan fingerprint density at radius 3 is 2.45 bits per heavy atom. The summed E-state index contributed by atoms with van der Waals surface area (Å²) in [6.45, 7) is 5.35. The zero-order valence-electron chi connectivity index (χ0n) is 7.56. The molecule has 2 heteroatoms. The first-order valence-electron chi connectivity index (χ1n) is 4.55. The molecule has 0 fully saturated rings. The van der Waals surface area contributed by atoms with Crippen LogP contribution in [0.1, 0.15) is 39.5 Å². The molecule has 1 aliphatic rings. The molecule has 0 aromatic carbocycles. The highest BCUT2D eigenvalue weighted by atomic mass is 14.9. The minimum absolute atomic E-state index is 0.248. The molecule has 0 aliphatic carbocycles. The van der Waals surface area contributed by atoms with Gasteiger partial charge in [-0.15, -0.1) is 0 Å². The van der Waals surface area contributed by atoms with Crippen LogP contribution in [-0.4, -0.2) is 12.4 Å². The van der Waals surface area contributed by atoms with E-state index in [-0.39, 0.29) is 5.41 Å². The van der Waals surface area contributed by atoms with Gasteiger partial charge in [-0.1, -0.05) is 13.8 Å². The maximum Gasteiger partial charge on any atom is 0.0999 e. The van der Waals surface area contributed by atoms with E-state index in [0.717, 1.165) is 25.2 Å². The highest BCUT2D eigenvalue weighted by Crippen LogP contribution is 2.34. The van der Waals surface area contributed by atoms with Gasteiger partial charge in [-0.2, -0.15) is 0 Å². The molecule has 0 saturated carbocycles. The molecule has 0 unspecified atom stereocenters. The van der Waals surface area contributed by atoms with Gasteiger partial charge in [0.15, 0.2) is 0 Å². The largest absolute Gasteiger partial charge is 0.387 e. The highest BCUT2D eigenvalue weighted by molar-refractivity contribution is 5.86. The van der Waals surface area contributed by atoms with E-state index < -0.39 is 0 Å². The fraction of sp³-hybridized carbons (Fsp3) is 0.889. The summed E-state index contributed by atoms with van der Waals surface area (Å²) in [5.74, 6) is 0.897. The summed E-state index contributed by atoms with van der Waals surface area (Å²) in [6.07, 6.45) is 4.72. The topological polar surface area (TPSA) is 38.4 Å². The second-order valence-corrected chi connectivity index (χ2v) is 3.36. The Bertz CT molecular complexity index is 157. The molecule has 0 radical (unpaired) electrons. The van der Waals surface area contributed by atoms with Crippen LogP contribution in [0.25, 0.3) is 0 Å². The maximum absolute atomic E-state index is 5.88. The number of hydrogen-bond donors (Lipinski definition) is 1. The summed E-state index contributed by atoms with van der Waals surface area (Å²) in [5.41, 5.74) is 6.13. The SMILES string of the molecule is CCC1(CC)CCCN=C1N. The molecule has 1 aliphatic heterocycles. The summed E-state index contributed by atoms with van der Waals surface area (Å²) < 4.78 is 0. The zero-order chi connectivity index (χ0) is 8.32. The maximum atomic E-state index is 5.88. The highest BCUT2D eigenvalue weighted by Gasteiger charge is 2.31. The molecule has 0 bridgehead atoms. The van der Waals surface area contributed by atoms with Gasteiger partial charge in [0.05, 0.1) is 5.84 Å². The van der Waals surface area contributed by atoms with Crippen molar-refractivity contribution in [3.63, 3.8) is 0 Å². The summed E-state index contributed by atoms with van der Waals surface area (Å²) in [4.78, 5) is 4.32. The first-order valence-corrected chi connectivity index (χ1v) is 4.55. The van der Waals surface area contributed by atoms with Crippen molar-refractivity contribution < 1.29 is 0 Å². The fourth-order valence-electron chi connectivity index (χ4n) is 1.88. The van der Waals surface area contributed by atoms with Gasteiger partial charge in [0.25, 0.3) is 0 Å². The van der Waals surface area contributed by atoms with Crippen molar-refractivity contribution in [1.29, 1.82) is 0 Å². The molecule has 2 N–H and O–H groups in total. The Hall–Kier alpha value is -0.530. The molecule has 2 nitrogen and oxygen atoms in total. The van der Waals surface area contributed by atoms with Crippen LogP contribution in [0.4, 0.5) is 0 Å². The number of amidine groups is 1. The Morgan fingerprint density at radius 1 is 1.45 bits per heavy atom. The molecule has 11 heavy (non-hydrogen) atoms. The normalized spacial score (nSPS) is 22.9. The van der Waals surface area contributed by atoms with Crippen molar-refractivity contribution in [3.05, 3.63) is 0 Å². The average molecular weight is 154 g/mol. The van der Waals surface area contributed by atoms with Crippen LogP contribution >= 0.6 is 0 Å². The summed E-state index contributed by atoms with van der Waals surface area (Å²) >= 11 is 0. The average Bonchev–Trinajstić information content (AvgIpc) is 2.06. The van der Waals surface area contributed by atoms with Crippen LogP contribution < -0.4 is 5.73 Å². The van der Waals surface area contributed by atoms with Crippen molar-refractivity contribution in [2.24, 2.45) is 16.1 Å². The molecule has 1 heterocycles. The van der Waals surface area contributed by atoms with E-state index in [4.69, 9.17) is 5.73 Å². The monoisotopic (exact) mass is 154 g/mol. The lowest BCUT2D eigenvalue weighted by molar-refractivity contribution is 0.332. The second kappa shape index (κ2) is 3.24. The Labute approximate surface area is 68.9 Å². The standard InChI is InChI=1S/C9H18N2/c1-3-9(4-2)6-5-7-11-8(9)10/h3-7H2,1-2H3,(H2,10,11). The Balaban J connectivity index is 2.79. The molecule has 0 aromatic rings. The number of rotatable bonds is 2. The predicted molar refractivity (Wildman–Crippen MR) is 48.7 cm³/mol. The van der Waals surface area contributed by atoms with Gasteiger partial charge >= 0.3 is 0 Å². The third kappa shape index (κ3) is 1.39.